The highest BCUT2D eigenvalue weighted by Crippen LogP contribution is 2.37. The fraction of sp³-hybridized carbons (Fsp3) is 0.556. The van der Waals surface area contributed by atoms with Crippen molar-refractivity contribution >= 4 is 11.9 Å². The lowest BCUT2D eigenvalue weighted by Gasteiger charge is -2.26. The van der Waals surface area contributed by atoms with Gasteiger partial charge in [-0.15, -0.1) is 0 Å². The van der Waals surface area contributed by atoms with Gasteiger partial charge in [-0.1, -0.05) is 38.7 Å². The van der Waals surface area contributed by atoms with E-state index in [1.807, 2.05) is 6.07 Å². The first-order chi connectivity index (χ1) is 10.6. The van der Waals surface area contributed by atoms with Crippen LogP contribution in [0.2, 0.25) is 0 Å². The van der Waals surface area contributed by atoms with Gasteiger partial charge in [0.2, 0.25) is 0 Å². The third kappa shape index (κ3) is 3.49. The van der Waals surface area contributed by atoms with E-state index < -0.39 is 11.9 Å². The first-order valence-electron chi connectivity index (χ1n) is 8.18. The molecule has 0 atom stereocenters. The van der Waals surface area contributed by atoms with Crippen molar-refractivity contribution in [1.82, 2.24) is 0 Å². The average Bonchev–Trinajstić information content (AvgIpc) is 2.52. The summed E-state index contributed by atoms with van der Waals surface area (Å²) in [4.78, 5) is 23.1. The molecule has 1 aliphatic rings. The Morgan fingerprint density at radius 3 is 2.32 bits per heavy atom. The minimum atomic E-state index is -1.16. The van der Waals surface area contributed by atoms with Crippen LogP contribution in [0, 0.1) is 0 Å². The number of rotatable bonds is 6. The lowest BCUT2D eigenvalue weighted by Crippen LogP contribution is -2.16. The van der Waals surface area contributed by atoms with Crippen LogP contribution in [0.5, 0.6) is 0 Å². The number of carbonyl (C=O) groups is 2. The van der Waals surface area contributed by atoms with Crippen molar-refractivity contribution in [2.75, 3.05) is 0 Å². The number of aromatic carboxylic acids is 2. The van der Waals surface area contributed by atoms with Gasteiger partial charge in [0.05, 0.1) is 11.1 Å². The van der Waals surface area contributed by atoms with E-state index in [1.54, 1.807) is 0 Å². The summed E-state index contributed by atoms with van der Waals surface area (Å²) >= 11 is 0. The molecule has 4 nitrogen and oxygen atoms in total. The van der Waals surface area contributed by atoms with E-state index in [1.165, 1.54) is 25.3 Å². The number of unbranched alkanes of at least 4 members (excludes halogenated alkanes) is 1. The molecule has 1 saturated carbocycles. The molecule has 0 unspecified atom stereocenters. The van der Waals surface area contributed by atoms with E-state index in [9.17, 15) is 19.8 Å². The lowest BCUT2D eigenvalue weighted by molar-refractivity contribution is 0.0650. The van der Waals surface area contributed by atoms with Crippen LogP contribution >= 0.6 is 0 Å². The molecular weight excluding hydrogens is 280 g/mol. The monoisotopic (exact) mass is 304 g/mol. The molecule has 0 aromatic heterocycles. The molecule has 0 heterocycles. The van der Waals surface area contributed by atoms with Gasteiger partial charge in [0.1, 0.15) is 0 Å². The summed E-state index contributed by atoms with van der Waals surface area (Å²) in [5.41, 5.74) is 1.74. The van der Waals surface area contributed by atoms with Crippen LogP contribution in [0.1, 0.15) is 89.6 Å². The largest absolute Gasteiger partial charge is 0.478 e. The zero-order valence-corrected chi connectivity index (χ0v) is 13.1. The molecule has 2 N–H and O–H groups in total. The topological polar surface area (TPSA) is 74.6 Å². The van der Waals surface area contributed by atoms with Gasteiger partial charge in [-0.05, 0) is 48.8 Å². The van der Waals surface area contributed by atoms with E-state index in [4.69, 9.17) is 0 Å². The van der Waals surface area contributed by atoms with Gasteiger partial charge in [-0.2, -0.15) is 0 Å². The highest BCUT2D eigenvalue weighted by Gasteiger charge is 2.26. The minimum Gasteiger partial charge on any atom is -0.478 e. The Kier molecular flexibility index (Phi) is 5.58. The zero-order chi connectivity index (χ0) is 16.1. The third-order valence-electron chi connectivity index (χ3n) is 4.62. The predicted molar refractivity (Wildman–Crippen MR) is 84.8 cm³/mol. The number of hydrogen-bond donors (Lipinski definition) is 2. The van der Waals surface area contributed by atoms with E-state index >= 15 is 0 Å². The maximum absolute atomic E-state index is 11.7. The van der Waals surface area contributed by atoms with E-state index in [-0.39, 0.29) is 11.1 Å². The van der Waals surface area contributed by atoms with Gasteiger partial charge < -0.3 is 10.2 Å². The first-order valence-corrected chi connectivity index (χ1v) is 8.18. The van der Waals surface area contributed by atoms with Crippen LogP contribution in [0.25, 0.3) is 0 Å². The number of carboxylic acids is 2. The van der Waals surface area contributed by atoms with Crippen molar-refractivity contribution in [3.8, 4) is 0 Å². The lowest BCUT2D eigenvalue weighted by atomic mass is 9.79. The highest BCUT2D eigenvalue weighted by molar-refractivity contribution is 6.03. The smallest absolute Gasteiger partial charge is 0.336 e. The summed E-state index contributed by atoms with van der Waals surface area (Å²) < 4.78 is 0. The molecule has 0 aliphatic heterocycles. The average molecular weight is 304 g/mol. The Bertz CT molecular complexity index is 556. The van der Waals surface area contributed by atoms with E-state index in [2.05, 4.69) is 6.92 Å². The maximum Gasteiger partial charge on any atom is 0.336 e. The molecular formula is C18H24O4. The molecule has 0 saturated heterocycles. The molecule has 2 rings (SSSR count). The van der Waals surface area contributed by atoms with Gasteiger partial charge in [0, 0.05) is 0 Å². The van der Waals surface area contributed by atoms with Crippen molar-refractivity contribution in [3.05, 3.63) is 34.4 Å². The Morgan fingerprint density at radius 1 is 1.09 bits per heavy atom. The van der Waals surface area contributed by atoms with Gasteiger partial charge >= 0.3 is 11.9 Å². The maximum atomic E-state index is 11.7. The summed E-state index contributed by atoms with van der Waals surface area (Å²) in [6.07, 6.45) is 8.20. The van der Waals surface area contributed by atoms with Crippen LogP contribution < -0.4 is 0 Å². The zero-order valence-electron chi connectivity index (χ0n) is 13.1. The van der Waals surface area contributed by atoms with Gasteiger partial charge in [-0.25, -0.2) is 9.59 Å². The van der Waals surface area contributed by atoms with Crippen LogP contribution in [0.4, 0.5) is 0 Å². The molecule has 0 spiro atoms. The second kappa shape index (κ2) is 7.43. The summed E-state index contributed by atoms with van der Waals surface area (Å²) in [5.74, 6) is -1.91. The summed E-state index contributed by atoms with van der Waals surface area (Å²) in [6, 6.07) is 3.34. The van der Waals surface area contributed by atoms with Crippen LogP contribution in [0.3, 0.4) is 0 Å². The third-order valence-corrected chi connectivity index (χ3v) is 4.62. The normalized spacial score (nSPS) is 15.7. The quantitative estimate of drug-likeness (QED) is 0.813. The predicted octanol–water partition coefficient (Wildman–Crippen LogP) is 4.47. The van der Waals surface area contributed by atoms with Crippen LogP contribution in [0.15, 0.2) is 12.1 Å². The Labute approximate surface area is 131 Å². The van der Waals surface area contributed by atoms with Crippen molar-refractivity contribution in [1.29, 1.82) is 0 Å². The van der Waals surface area contributed by atoms with E-state index in [0.717, 1.165) is 36.8 Å². The molecule has 0 radical (unpaired) electrons. The van der Waals surface area contributed by atoms with Crippen molar-refractivity contribution in [2.24, 2.45) is 0 Å². The molecule has 120 valence electrons. The van der Waals surface area contributed by atoms with Crippen molar-refractivity contribution in [2.45, 2.75) is 64.2 Å². The van der Waals surface area contributed by atoms with Crippen LogP contribution in [-0.2, 0) is 6.42 Å². The van der Waals surface area contributed by atoms with Crippen molar-refractivity contribution in [3.63, 3.8) is 0 Å². The Morgan fingerprint density at radius 2 is 1.77 bits per heavy atom. The second-order valence-electron chi connectivity index (χ2n) is 6.10. The summed E-state index contributed by atoms with van der Waals surface area (Å²) in [7, 11) is 0. The second-order valence-corrected chi connectivity index (χ2v) is 6.10. The molecule has 0 bridgehead atoms. The minimum absolute atomic E-state index is 0.00373. The summed E-state index contributed by atoms with van der Waals surface area (Å²) in [5, 5.41) is 18.9. The SMILES string of the molecule is CCCCc1c(C2CCCCC2)ccc(C(=O)O)c1C(=O)O. The van der Waals surface area contributed by atoms with Gasteiger partial charge in [0.25, 0.3) is 0 Å². The van der Waals surface area contributed by atoms with Crippen molar-refractivity contribution < 1.29 is 19.8 Å². The highest BCUT2D eigenvalue weighted by atomic mass is 16.4. The van der Waals surface area contributed by atoms with Crippen LogP contribution in [-0.4, -0.2) is 22.2 Å². The fourth-order valence-corrected chi connectivity index (χ4v) is 3.51. The Balaban J connectivity index is 2.54. The number of benzene rings is 1. The van der Waals surface area contributed by atoms with Gasteiger partial charge in [-0.3, -0.25) is 0 Å². The Hall–Kier alpha value is -1.84. The molecule has 1 fully saturated rings. The molecule has 0 amide bonds. The standard InChI is InChI=1S/C18H24O4/c1-2-3-9-14-13(12-7-5-4-6-8-12)10-11-15(17(19)20)16(14)18(21)22/h10-12H,2-9H2,1H3,(H,19,20)(H,21,22). The molecule has 1 aromatic carbocycles. The summed E-state index contributed by atoms with van der Waals surface area (Å²) in [6.45, 7) is 2.06. The number of carboxylic acid groups (broad SMARTS) is 2. The molecule has 1 aliphatic carbocycles. The molecule has 22 heavy (non-hydrogen) atoms. The first kappa shape index (κ1) is 16.5. The number of hydrogen-bond acceptors (Lipinski definition) is 2. The van der Waals surface area contributed by atoms with E-state index in [0.29, 0.717) is 12.3 Å². The van der Waals surface area contributed by atoms with Gasteiger partial charge in [0.15, 0.2) is 0 Å². The molecule has 1 aromatic rings. The fourth-order valence-electron chi connectivity index (χ4n) is 3.51. The molecule has 4 heteroatoms.